The minimum atomic E-state index is -1.17. The number of ether oxygens (including phenoxy) is 1. The number of aromatic nitrogens is 1. The summed E-state index contributed by atoms with van der Waals surface area (Å²) in [4.78, 5) is 51.2. The summed E-state index contributed by atoms with van der Waals surface area (Å²) in [5.74, 6) is -1.77. The monoisotopic (exact) mass is 397 g/mol. The quantitative estimate of drug-likeness (QED) is 0.632. The van der Waals surface area contributed by atoms with E-state index in [4.69, 9.17) is 4.74 Å². The van der Waals surface area contributed by atoms with Crippen LogP contribution in [0.5, 0.6) is 0 Å². The number of ketones is 1. The molecule has 0 unspecified atom stereocenters. The topological polar surface area (TPSA) is 97.7 Å². The lowest BCUT2D eigenvalue weighted by atomic mass is 9.95. The number of Topliss-reactive ketones (excluding diaryl/α,β-unsaturated/α-hetero) is 1. The molecule has 0 radical (unpaired) electrons. The molecule has 0 fully saturated rings. The molecule has 29 heavy (non-hydrogen) atoms. The van der Waals surface area contributed by atoms with E-state index in [9.17, 15) is 19.2 Å². The number of aryl methyl sites for hydroxylation is 1. The first kappa shape index (κ1) is 20.3. The Morgan fingerprint density at radius 1 is 1.17 bits per heavy atom. The fourth-order valence-electron chi connectivity index (χ4n) is 3.26. The second-order valence-electron chi connectivity index (χ2n) is 7.53. The zero-order valence-electron chi connectivity index (χ0n) is 17.0. The van der Waals surface area contributed by atoms with Crippen LogP contribution in [0.3, 0.4) is 0 Å². The average Bonchev–Trinajstić information content (AvgIpc) is 3.04. The van der Waals surface area contributed by atoms with Crippen molar-refractivity contribution in [3.63, 3.8) is 0 Å². The second kappa shape index (κ2) is 7.20. The zero-order chi connectivity index (χ0) is 21.5. The number of anilines is 2. The van der Waals surface area contributed by atoms with Gasteiger partial charge in [-0.15, -0.1) is 0 Å². The summed E-state index contributed by atoms with van der Waals surface area (Å²) >= 11 is 0. The number of amides is 2. The molecule has 3 rings (SSSR count). The Kier molecular flexibility index (Phi) is 5.04. The molecule has 152 valence electrons. The molecule has 1 aliphatic heterocycles. The normalized spacial score (nSPS) is 15.9. The smallest absolute Gasteiger partial charge is 0.355 e. The minimum absolute atomic E-state index is 0.158. The summed E-state index contributed by atoms with van der Waals surface area (Å²) in [6.45, 7) is 6.11. The Labute approximate surface area is 168 Å². The van der Waals surface area contributed by atoms with Gasteiger partial charge in [-0.05, 0) is 45.9 Å². The van der Waals surface area contributed by atoms with Crippen molar-refractivity contribution in [3.8, 4) is 0 Å². The van der Waals surface area contributed by atoms with Crippen LogP contribution in [0.4, 0.5) is 11.4 Å². The summed E-state index contributed by atoms with van der Waals surface area (Å²) in [5, 5.41) is 2.79. The van der Waals surface area contributed by atoms with E-state index >= 15 is 0 Å². The number of carbonyl (C=O) groups excluding carboxylic acids is 4. The summed E-state index contributed by atoms with van der Waals surface area (Å²) in [6, 6.07) is 8.36. The van der Waals surface area contributed by atoms with E-state index in [1.165, 1.54) is 35.6 Å². The van der Waals surface area contributed by atoms with Crippen molar-refractivity contribution < 1.29 is 23.9 Å². The Balaban J connectivity index is 1.87. The van der Waals surface area contributed by atoms with Crippen molar-refractivity contribution in [2.24, 2.45) is 7.05 Å². The lowest BCUT2D eigenvalue weighted by Crippen LogP contribution is -2.60. The number of nitrogens with one attached hydrogen (secondary N) is 1. The van der Waals surface area contributed by atoms with Crippen LogP contribution >= 0.6 is 0 Å². The van der Waals surface area contributed by atoms with Crippen LogP contribution in [0.2, 0.25) is 0 Å². The fraction of sp³-hybridized carbons (Fsp3) is 0.333. The van der Waals surface area contributed by atoms with Crippen molar-refractivity contribution in [1.82, 2.24) is 4.57 Å². The predicted molar refractivity (Wildman–Crippen MR) is 107 cm³/mol. The lowest BCUT2D eigenvalue weighted by Gasteiger charge is -2.42. The van der Waals surface area contributed by atoms with Crippen LogP contribution in [-0.4, -0.2) is 39.8 Å². The van der Waals surface area contributed by atoms with Crippen molar-refractivity contribution in [1.29, 1.82) is 0 Å². The largest absolute Gasteiger partial charge is 0.448 e. The van der Waals surface area contributed by atoms with Crippen LogP contribution in [0.15, 0.2) is 36.5 Å². The van der Waals surface area contributed by atoms with Crippen LogP contribution in [0.25, 0.3) is 0 Å². The highest BCUT2D eigenvalue weighted by Gasteiger charge is 2.45. The molecule has 0 aliphatic carbocycles. The number of fused-ring (bicyclic) bond motifs is 1. The molecule has 2 aromatic rings. The van der Waals surface area contributed by atoms with E-state index in [0.29, 0.717) is 16.9 Å². The number of nitrogens with zero attached hydrogens (tertiary/aromatic N) is 2. The van der Waals surface area contributed by atoms with Gasteiger partial charge in [-0.25, -0.2) is 4.79 Å². The van der Waals surface area contributed by atoms with Gasteiger partial charge in [-0.2, -0.15) is 0 Å². The Morgan fingerprint density at radius 2 is 1.83 bits per heavy atom. The second-order valence-corrected chi connectivity index (χ2v) is 7.53. The molecule has 1 N–H and O–H groups in total. The van der Waals surface area contributed by atoms with Gasteiger partial charge in [0.25, 0.3) is 5.91 Å². The van der Waals surface area contributed by atoms with Gasteiger partial charge in [-0.3, -0.25) is 19.3 Å². The maximum Gasteiger partial charge on any atom is 0.355 e. The molecule has 2 heterocycles. The van der Waals surface area contributed by atoms with Gasteiger partial charge in [0.15, 0.2) is 11.9 Å². The SMILES string of the molecule is CC(=O)c1cc(C(=O)O[C@H](C)C(=O)N2c3ccccc3NC(=O)C2(C)C)n(C)c1. The standard InChI is InChI=1S/C21H23N3O5/c1-12(25)14-10-17(23(5)11-14)19(27)29-13(2)18(26)24-16-9-7-6-8-15(16)22-20(28)21(24,3)4/h6-11,13H,1-5H3,(H,22,28)/t13-/m1/s1. The third kappa shape index (κ3) is 3.53. The van der Waals surface area contributed by atoms with Crippen molar-refractivity contribution in [2.75, 3.05) is 10.2 Å². The summed E-state index contributed by atoms with van der Waals surface area (Å²) in [5.41, 5.74) is 0.408. The number of hydrogen-bond acceptors (Lipinski definition) is 5. The van der Waals surface area contributed by atoms with Gasteiger partial charge in [-0.1, -0.05) is 12.1 Å². The predicted octanol–water partition coefficient (Wildman–Crippen LogP) is 2.54. The van der Waals surface area contributed by atoms with E-state index in [0.717, 1.165) is 0 Å². The van der Waals surface area contributed by atoms with Crippen molar-refractivity contribution >= 4 is 34.9 Å². The molecular weight excluding hydrogens is 374 g/mol. The summed E-state index contributed by atoms with van der Waals surface area (Å²) < 4.78 is 6.85. The highest BCUT2D eigenvalue weighted by atomic mass is 16.5. The number of hydrogen-bond donors (Lipinski definition) is 1. The van der Waals surface area contributed by atoms with Crippen LogP contribution < -0.4 is 10.2 Å². The average molecular weight is 397 g/mol. The lowest BCUT2D eigenvalue weighted by molar-refractivity contribution is -0.131. The van der Waals surface area contributed by atoms with Gasteiger partial charge in [0, 0.05) is 18.8 Å². The molecule has 1 aromatic carbocycles. The van der Waals surface area contributed by atoms with E-state index in [1.54, 1.807) is 45.2 Å². The number of para-hydroxylation sites is 2. The van der Waals surface area contributed by atoms with Gasteiger partial charge >= 0.3 is 5.97 Å². The third-order valence-corrected chi connectivity index (χ3v) is 4.98. The molecule has 8 heteroatoms. The van der Waals surface area contributed by atoms with E-state index in [2.05, 4.69) is 5.32 Å². The fourth-order valence-corrected chi connectivity index (χ4v) is 3.26. The molecule has 2 amide bonds. The highest BCUT2D eigenvalue weighted by molar-refractivity contribution is 6.15. The minimum Gasteiger partial charge on any atom is -0.448 e. The van der Waals surface area contributed by atoms with Crippen molar-refractivity contribution in [3.05, 3.63) is 47.8 Å². The van der Waals surface area contributed by atoms with E-state index in [1.807, 2.05) is 0 Å². The van der Waals surface area contributed by atoms with Gasteiger partial charge in [0.1, 0.15) is 11.2 Å². The maximum atomic E-state index is 13.2. The third-order valence-electron chi connectivity index (χ3n) is 4.98. The molecular formula is C21H23N3O5. The number of carbonyl (C=O) groups is 4. The maximum absolute atomic E-state index is 13.2. The number of rotatable bonds is 4. The van der Waals surface area contributed by atoms with Crippen LogP contribution in [0, 0.1) is 0 Å². The molecule has 8 nitrogen and oxygen atoms in total. The molecule has 1 aromatic heterocycles. The van der Waals surface area contributed by atoms with Crippen LogP contribution in [0.1, 0.15) is 48.5 Å². The van der Waals surface area contributed by atoms with Gasteiger partial charge < -0.3 is 14.6 Å². The van der Waals surface area contributed by atoms with Gasteiger partial charge in [0.2, 0.25) is 5.91 Å². The first-order chi connectivity index (χ1) is 13.5. The first-order valence-electron chi connectivity index (χ1n) is 9.17. The van der Waals surface area contributed by atoms with Crippen LogP contribution in [-0.2, 0) is 21.4 Å². The first-order valence-corrected chi connectivity index (χ1v) is 9.17. The molecule has 0 spiro atoms. The number of benzene rings is 1. The molecule has 1 atom stereocenters. The molecule has 0 saturated heterocycles. The Morgan fingerprint density at radius 3 is 2.45 bits per heavy atom. The van der Waals surface area contributed by atoms with Crippen molar-refractivity contribution in [2.45, 2.75) is 39.3 Å². The number of esters is 1. The molecule has 0 saturated carbocycles. The van der Waals surface area contributed by atoms with E-state index < -0.39 is 23.5 Å². The zero-order valence-corrected chi connectivity index (χ0v) is 17.0. The summed E-state index contributed by atoms with van der Waals surface area (Å²) in [6.07, 6.45) is 0.385. The summed E-state index contributed by atoms with van der Waals surface area (Å²) in [7, 11) is 1.61. The Hall–Kier alpha value is -3.42. The Bertz CT molecular complexity index is 1020. The van der Waals surface area contributed by atoms with E-state index in [-0.39, 0.29) is 17.4 Å². The highest BCUT2D eigenvalue weighted by Crippen LogP contribution is 2.37. The molecule has 0 bridgehead atoms. The van der Waals surface area contributed by atoms with Gasteiger partial charge in [0.05, 0.1) is 11.4 Å². The molecule has 1 aliphatic rings.